The van der Waals surface area contributed by atoms with Gasteiger partial charge in [0.2, 0.25) is 5.91 Å². The van der Waals surface area contributed by atoms with Crippen LogP contribution < -0.4 is 10.6 Å². The van der Waals surface area contributed by atoms with Crippen molar-refractivity contribution in [2.45, 2.75) is 12.8 Å². The van der Waals surface area contributed by atoms with Gasteiger partial charge in [-0.05, 0) is 25.0 Å². The lowest BCUT2D eigenvalue weighted by Gasteiger charge is -2.32. The van der Waals surface area contributed by atoms with Gasteiger partial charge in [0.1, 0.15) is 0 Å². The number of nitro groups is 1. The van der Waals surface area contributed by atoms with Crippen LogP contribution in [0.3, 0.4) is 0 Å². The van der Waals surface area contributed by atoms with Crippen LogP contribution in [0.25, 0.3) is 0 Å². The Hall–Kier alpha value is -2.44. The number of amides is 1. The van der Waals surface area contributed by atoms with Crippen molar-refractivity contribution in [3.05, 3.63) is 33.9 Å². The Bertz CT molecular complexity index is 551. The largest absolute Gasteiger partial charge is 0.371 e. The third-order valence-corrected chi connectivity index (χ3v) is 3.60. The summed E-state index contributed by atoms with van der Waals surface area (Å²) < 4.78 is 0. The molecule has 106 valence electrons. The van der Waals surface area contributed by atoms with Gasteiger partial charge in [0.15, 0.2) is 6.29 Å². The highest BCUT2D eigenvalue weighted by molar-refractivity contribution is 5.83. The lowest BCUT2D eigenvalue weighted by atomic mass is 9.96. The third kappa shape index (κ3) is 2.76. The van der Waals surface area contributed by atoms with E-state index in [2.05, 4.69) is 0 Å². The maximum atomic E-state index is 11.1. The zero-order valence-corrected chi connectivity index (χ0v) is 10.8. The molecule has 0 aliphatic carbocycles. The Morgan fingerprint density at radius 1 is 1.40 bits per heavy atom. The third-order valence-electron chi connectivity index (χ3n) is 3.60. The normalized spacial score (nSPS) is 15.9. The van der Waals surface area contributed by atoms with Crippen LogP contribution in [0.4, 0.5) is 11.4 Å². The number of nitrogens with zero attached hydrogens (tertiary/aromatic N) is 2. The topological polar surface area (TPSA) is 107 Å². The summed E-state index contributed by atoms with van der Waals surface area (Å²) in [5.74, 6) is -0.406. The van der Waals surface area contributed by atoms with E-state index in [1.54, 1.807) is 6.07 Å². The second-order valence-corrected chi connectivity index (χ2v) is 4.78. The molecule has 0 unspecified atom stereocenters. The van der Waals surface area contributed by atoms with Gasteiger partial charge in [-0.15, -0.1) is 0 Å². The number of anilines is 1. The Labute approximate surface area is 115 Å². The molecule has 1 aromatic carbocycles. The maximum Gasteiger partial charge on any atom is 0.280 e. The molecule has 1 fully saturated rings. The van der Waals surface area contributed by atoms with Crippen LogP contribution in [0, 0.1) is 16.0 Å². The Morgan fingerprint density at radius 3 is 2.55 bits per heavy atom. The molecule has 20 heavy (non-hydrogen) atoms. The number of piperidine rings is 1. The van der Waals surface area contributed by atoms with Crippen molar-refractivity contribution in [1.29, 1.82) is 0 Å². The minimum absolute atomic E-state index is 0.0597. The SMILES string of the molecule is NC(=O)C1CCN(c2ccc([N+](=O)[O-])c(C=O)c2)CC1. The fourth-order valence-electron chi connectivity index (χ4n) is 2.42. The standard InChI is InChI=1S/C13H15N3O4/c14-13(18)9-3-5-15(6-4-9)11-1-2-12(16(19)20)10(7-11)8-17/h1-2,7-9H,3-6H2,(H2,14,18). The highest BCUT2D eigenvalue weighted by atomic mass is 16.6. The van der Waals surface area contributed by atoms with Crippen molar-refractivity contribution in [1.82, 2.24) is 0 Å². The monoisotopic (exact) mass is 277 g/mol. The van der Waals surface area contributed by atoms with Crippen LogP contribution in [0.15, 0.2) is 18.2 Å². The summed E-state index contributed by atoms with van der Waals surface area (Å²) in [5, 5.41) is 10.8. The van der Waals surface area contributed by atoms with Gasteiger partial charge in [0.25, 0.3) is 5.69 Å². The second kappa shape index (κ2) is 5.68. The minimum atomic E-state index is -0.577. The summed E-state index contributed by atoms with van der Waals surface area (Å²) in [6.07, 6.45) is 1.79. The molecule has 1 aliphatic heterocycles. The smallest absolute Gasteiger partial charge is 0.280 e. The summed E-state index contributed by atoms with van der Waals surface area (Å²) >= 11 is 0. The number of nitrogens with two attached hydrogens (primary N) is 1. The Kier molecular flexibility index (Phi) is 3.97. The molecule has 1 aliphatic rings. The van der Waals surface area contributed by atoms with Crippen molar-refractivity contribution < 1.29 is 14.5 Å². The van der Waals surface area contributed by atoms with E-state index in [9.17, 15) is 19.7 Å². The molecule has 7 heteroatoms. The highest BCUT2D eigenvalue weighted by Gasteiger charge is 2.24. The fraction of sp³-hybridized carbons (Fsp3) is 0.385. The molecule has 0 saturated carbocycles. The summed E-state index contributed by atoms with van der Waals surface area (Å²) in [4.78, 5) is 34.2. The quantitative estimate of drug-likeness (QED) is 0.504. The van der Waals surface area contributed by atoms with Crippen molar-refractivity contribution in [3.8, 4) is 0 Å². The number of hydrogen-bond donors (Lipinski definition) is 1. The van der Waals surface area contributed by atoms with Gasteiger partial charge in [-0.25, -0.2) is 0 Å². The van der Waals surface area contributed by atoms with Gasteiger partial charge >= 0.3 is 0 Å². The van der Waals surface area contributed by atoms with Crippen molar-refractivity contribution in [2.24, 2.45) is 11.7 Å². The average Bonchev–Trinajstić information content (AvgIpc) is 2.46. The van der Waals surface area contributed by atoms with Crippen LogP contribution in [-0.2, 0) is 4.79 Å². The molecule has 1 amide bonds. The maximum absolute atomic E-state index is 11.1. The summed E-state index contributed by atoms with van der Waals surface area (Å²) in [5.41, 5.74) is 5.88. The minimum Gasteiger partial charge on any atom is -0.371 e. The van der Waals surface area contributed by atoms with E-state index in [0.29, 0.717) is 32.2 Å². The molecule has 7 nitrogen and oxygen atoms in total. The second-order valence-electron chi connectivity index (χ2n) is 4.78. The first-order valence-corrected chi connectivity index (χ1v) is 6.31. The van der Waals surface area contributed by atoms with Gasteiger partial charge in [-0.3, -0.25) is 19.7 Å². The van der Waals surface area contributed by atoms with Gasteiger partial charge in [-0.2, -0.15) is 0 Å². The number of carbonyl (C=O) groups excluding carboxylic acids is 2. The molecular formula is C13H15N3O4. The molecule has 0 aromatic heterocycles. The lowest BCUT2D eigenvalue weighted by molar-refractivity contribution is -0.385. The first-order valence-electron chi connectivity index (χ1n) is 6.31. The molecule has 1 aromatic rings. The Morgan fingerprint density at radius 2 is 2.05 bits per heavy atom. The molecular weight excluding hydrogens is 262 g/mol. The predicted molar refractivity (Wildman–Crippen MR) is 72.6 cm³/mol. The van der Waals surface area contributed by atoms with E-state index in [1.807, 2.05) is 4.90 Å². The number of rotatable bonds is 4. The van der Waals surface area contributed by atoms with Crippen molar-refractivity contribution in [3.63, 3.8) is 0 Å². The zero-order chi connectivity index (χ0) is 14.7. The number of aldehydes is 1. The molecule has 0 bridgehead atoms. The number of primary amides is 1. The van der Waals surface area contributed by atoms with Crippen LogP contribution in [-0.4, -0.2) is 30.2 Å². The van der Waals surface area contributed by atoms with Gasteiger partial charge in [0, 0.05) is 30.8 Å². The molecule has 0 atom stereocenters. The van der Waals surface area contributed by atoms with E-state index in [0.717, 1.165) is 5.69 Å². The van der Waals surface area contributed by atoms with E-state index >= 15 is 0 Å². The number of nitro benzene ring substituents is 1. The van der Waals surface area contributed by atoms with Crippen LogP contribution in [0.1, 0.15) is 23.2 Å². The molecule has 0 spiro atoms. The van der Waals surface area contributed by atoms with Crippen LogP contribution in [0.5, 0.6) is 0 Å². The predicted octanol–water partition coefficient (Wildman–Crippen LogP) is 1.11. The number of carbonyl (C=O) groups is 2. The van der Waals surface area contributed by atoms with E-state index in [1.165, 1.54) is 12.1 Å². The zero-order valence-electron chi connectivity index (χ0n) is 10.8. The first-order chi connectivity index (χ1) is 9.52. The van der Waals surface area contributed by atoms with Gasteiger partial charge in [0.05, 0.1) is 10.5 Å². The average molecular weight is 277 g/mol. The molecule has 2 rings (SSSR count). The van der Waals surface area contributed by atoms with E-state index in [4.69, 9.17) is 5.73 Å². The fourth-order valence-corrected chi connectivity index (χ4v) is 2.42. The van der Waals surface area contributed by atoms with E-state index in [-0.39, 0.29) is 23.1 Å². The van der Waals surface area contributed by atoms with Gasteiger partial charge in [-0.1, -0.05) is 0 Å². The van der Waals surface area contributed by atoms with E-state index < -0.39 is 4.92 Å². The lowest BCUT2D eigenvalue weighted by Crippen LogP contribution is -2.38. The number of hydrogen-bond acceptors (Lipinski definition) is 5. The molecule has 1 heterocycles. The molecule has 0 radical (unpaired) electrons. The summed E-state index contributed by atoms with van der Waals surface area (Å²) in [6.45, 7) is 1.29. The van der Waals surface area contributed by atoms with Crippen molar-refractivity contribution >= 4 is 23.6 Å². The Balaban J connectivity index is 2.16. The van der Waals surface area contributed by atoms with Crippen LogP contribution in [0.2, 0.25) is 0 Å². The van der Waals surface area contributed by atoms with Gasteiger partial charge < -0.3 is 10.6 Å². The van der Waals surface area contributed by atoms with Crippen molar-refractivity contribution in [2.75, 3.05) is 18.0 Å². The van der Waals surface area contributed by atoms with Crippen LogP contribution >= 0.6 is 0 Å². The molecule has 2 N–H and O–H groups in total. The highest BCUT2D eigenvalue weighted by Crippen LogP contribution is 2.27. The molecule has 1 saturated heterocycles. The number of benzene rings is 1. The summed E-state index contributed by atoms with van der Waals surface area (Å²) in [7, 11) is 0. The summed E-state index contributed by atoms with van der Waals surface area (Å²) in [6, 6.07) is 4.46. The first kappa shape index (κ1) is 14.0.